The van der Waals surface area contributed by atoms with E-state index in [1.54, 1.807) is 0 Å². The van der Waals surface area contributed by atoms with Crippen LogP contribution in [0.3, 0.4) is 0 Å². The van der Waals surface area contributed by atoms with Gasteiger partial charge in [0, 0.05) is 0 Å². The van der Waals surface area contributed by atoms with E-state index in [1.807, 2.05) is 0 Å². The summed E-state index contributed by atoms with van der Waals surface area (Å²) in [5.41, 5.74) is 0. The first-order valence-corrected chi connectivity index (χ1v) is 3.75. The molecule has 0 bridgehead atoms. The number of hydrogen-bond donors (Lipinski definition) is 3. The van der Waals surface area contributed by atoms with Gasteiger partial charge in [-0.2, -0.15) is 0 Å². The standard InChI is InChI=1S/C10H12O3/c1-3-9(12)6-4-5-7-10(13)8(2)11/h3,8-13H,1H2,2H3. The third-order valence-corrected chi connectivity index (χ3v) is 1.18. The van der Waals surface area contributed by atoms with Gasteiger partial charge in [-0.1, -0.05) is 24.5 Å². The third kappa shape index (κ3) is 5.95. The second kappa shape index (κ2) is 6.28. The van der Waals surface area contributed by atoms with Crippen LogP contribution in [0.1, 0.15) is 6.92 Å². The van der Waals surface area contributed by atoms with Crippen molar-refractivity contribution in [1.29, 1.82) is 0 Å². The van der Waals surface area contributed by atoms with Gasteiger partial charge in [-0.05, 0) is 18.8 Å². The lowest BCUT2D eigenvalue weighted by Crippen LogP contribution is -2.19. The predicted octanol–water partition coefficient (Wildman–Crippen LogP) is -0.718. The zero-order chi connectivity index (χ0) is 10.3. The number of rotatable bonds is 2. The molecule has 0 aromatic rings. The summed E-state index contributed by atoms with van der Waals surface area (Å²) in [4.78, 5) is 0. The highest BCUT2D eigenvalue weighted by Gasteiger charge is 2.04. The topological polar surface area (TPSA) is 60.7 Å². The maximum absolute atomic E-state index is 8.97. The van der Waals surface area contributed by atoms with Crippen LogP contribution < -0.4 is 0 Å². The molecule has 0 aromatic carbocycles. The molecule has 0 amide bonds. The van der Waals surface area contributed by atoms with E-state index in [0.29, 0.717) is 0 Å². The molecule has 0 radical (unpaired) electrons. The quantitative estimate of drug-likeness (QED) is 0.388. The van der Waals surface area contributed by atoms with Crippen molar-refractivity contribution in [2.75, 3.05) is 0 Å². The van der Waals surface area contributed by atoms with Crippen molar-refractivity contribution in [3.63, 3.8) is 0 Å². The molecule has 3 heteroatoms. The summed E-state index contributed by atoms with van der Waals surface area (Å²) in [5.74, 6) is 9.27. The van der Waals surface area contributed by atoms with E-state index in [9.17, 15) is 0 Å². The summed E-state index contributed by atoms with van der Waals surface area (Å²) < 4.78 is 0. The lowest BCUT2D eigenvalue weighted by molar-refractivity contribution is 0.0678. The lowest BCUT2D eigenvalue weighted by Gasteiger charge is -2.03. The minimum atomic E-state index is -1.10. The van der Waals surface area contributed by atoms with Gasteiger partial charge >= 0.3 is 0 Å². The van der Waals surface area contributed by atoms with Crippen LogP contribution in [-0.2, 0) is 0 Å². The molecule has 3 unspecified atom stereocenters. The maximum atomic E-state index is 8.97. The van der Waals surface area contributed by atoms with E-state index < -0.39 is 18.3 Å². The largest absolute Gasteiger partial charge is 0.390 e. The second-order valence-corrected chi connectivity index (χ2v) is 2.40. The Balaban J connectivity index is 4.10. The summed E-state index contributed by atoms with van der Waals surface area (Å²) >= 11 is 0. The van der Waals surface area contributed by atoms with Crippen LogP contribution >= 0.6 is 0 Å². The van der Waals surface area contributed by atoms with Crippen molar-refractivity contribution >= 4 is 0 Å². The van der Waals surface area contributed by atoms with E-state index in [1.165, 1.54) is 13.0 Å². The Hall–Kier alpha value is -1.26. The Kier molecular flexibility index (Phi) is 5.67. The average Bonchev–Trinajstić information content (AvgIpc) is 2.11. The van der Waals surface area contributed by atoms with E-state index in [0.717, 1.165) is 0 Å². The van der Waals surface area contributed by atoms with Crippen LogP contribution in [0.25, 0.3) is 0 Å². The molecule has 0 saturated carbocycles. The van der Waals surface area contributed by atoms with Crippen LogP contribution in [0.4, 0.5) is 0 Å². The molecule has 0 fully saturated rings. The molecule has 0 saturated heterocycles. The van der Waals surface area contributed by atoms with Gasteiger partial charge in [0.05, 0.1) is 6.10 Å². The van der Waals surface area contributed by atoms with Gasteiger partial charge in [-0.3, -0.25) is 0 Å². The molecule has 13 heavy (non-hydrogen) atoms. The Morgan fingerprint density at radius 3 is 2.15 bits per heavy atom. The normalized spacial score (nSPS) is 15.4. The van der Waals surface area contributed by atoms with Crippen LogP contribution in [0, 0.1) is 23.7 Å². The number of aliphatic hydroxyl groups excluding tert-OH is 3. The summed E-state index contributed by atoms with van der Waals surface area (Å²) in [5, 5.41) is 26.6. The fraction of sp³-hybridized carbons (Fsp3) is 0.400. The molecule has 0 spiro atoms. The van der Waals surface area contributed by atoms with Gasteiger partial charge in [0.15, 0.2) is 0 Å². The molecule has 0 aromatic heterocycles. The van der Waals surface area contributed by atoms with E-state index in [2.05, 4.69) is 30.3 Å². The maximum Gasteiger partial charge on any atom is 0.141 e. The van der Waals surface area contributed by atoms with Gasteiger partial charge in [0.25, 0.3) is 0 Å². The fourth-order valence-corrected chi connectivity index (χ4v) is 0.400. The van der Waals surface area contributed by atoms with Gasteiger partial charge < -0.3 is 15.3 Å². The highest BCUT2D eigenvalue weighted by atomic mass is 16.3. The Bertz CT molecular complexity index is 272. The molecule has 3 N–H and O–H groups in total. The molecule has 0 aliphatic rings. The first-order valence-electron chi connectivity index (χ1n) is 3.75. The number of aliphatic hydroxyl groups is 3. The van der Waals surface area contributed by atoms with E-state index in [-0.39, 0.29) is 0 Å². The van der Waals surface area contributed by atoms with Crippen molar-refractivity contribution in [2.45, 2.75) is 25.2 Å². The minimum Gasteiger partial charge on any atom is -0.390 e. The zero-order valence-corrected chi connectivity index (χ0v) is 7.36. The van der Waals surface area contributed by atoms with Gasteiger partial charge in [-0.15, -0.1) is 0 Å². The van der Waals surface area contributed by atoms with E-state index >= 15 is 0 Å². The molecule has 3 nitrogen and oxygen atoms in total. The Morgan fingerprint density at radius 2 is 1.69 bits per heavy atom. The van der Waals surface area contributed by atoms with E-state index in [4.69, 9.17) is 15.3 Å². The van der Waals surface area contributed by atoms with Crippen LogP contribution in [0.2, 0.25) is 0 Å². The molecule has 0 aliphatic heterocycles. The lowest BCUT2D eigenvalue weighted by atomic mass is 10.2. The highest BCUT2D eigenvalue weighted by Crippen LogP contribution is 1.87. The third-order valence-electron chi connectivity index (χ3n) is 1.18. The summed E-state index contributed by atoms with van der Waals surface area (Å²) in [6.45, 7) is 4.73. The first-order chi connectivity index (χ1) is 6.07. The second-order valence-electron chi connectivity index (χ2n) is 2.40. The summed E-state index contributed by atoms with van der Waals surface area (Å²) in [6, 6.07) is 0. The molecule has 3 atom stereocenters. The van der Waals surface area contributed by atoms with Crippen molar-refractivity contribution in [3.8, 4) is 23.7 Å². The van der Waals surface area contributed by atoms with Crippen LogP contribution in [0.5, 0.6) is 0 Å². The van der Waals surface area contributed by atoms with Crippen LogP contribution in [-0.4, -0.2) is 33.6 Å². The molecule has 0 aliphatic carbocycles. The SMILES string of the molecule is C=CC(O)C#CC#CC(O)C(C)O. The number of hydrogen-bond acceptors (Lipinski definition) is 3. The smallest absolute Gasteiger partial charge is 0.141 e. The van der Waals surface area contributed by atoms with Gasteiger partial charge in [-0.25, -0.2) is 0 Å². The van der Waals surface area contributed by atoms with Crippen molar-refractivity contribution in [2.24, 2.45) is 0 Å². The van der Waals surface area contributed by atoms with Crippen molar-refractivity contribution in [1.82, 2.24) is 0 Å². The fourth-order valence-electron chi connectivity index (χ4n) is 0.400. The van der Waals surface area contributed by atoms with Crippen molar-refractivity contribution < 1.29 is 15.3 Å². The zero-order valence-electron chi connectivity index (χ0n) is 7.36. The van der Waals surface area contributed by atoms with Gasteiger partial charge in [0.1, 0.15) is 12.2 Å². The van der Waals surface area contributed by atoms with Crippen LogP contribution in [0.15, 0.2) is 12.7 Å². The molecule has 70 valence electrons. The Morgan fingerprint density at radius 1 is 1.15 bits per heavy atom. The molecule has 0 rings (SSSR count). The molecular formula is C10H12O3. The molecular weight excluding hydrogens is 168 g/mol. The monoisotopic (exact) mass is 180 g/mol. The minimum absolute atomic E-state index is 0.904. The molecule has 0 heterocycles. The Labute approximate surface area is 77.7 Å². The predicted molar refractivity (Wildman–Crippen MR) is 49.4 cm³/mol. The first kappa shape index (κ1) is 11.7. The van der Waals surface area contributed by atoms with Crippen molar-refractivity contribution in [3.05, 3.63) is 12.7 Å². The summed E-state index contributed by atoms with van der Waals surface area (Å²) in [6.07, 6.45) is -1.65. The average molecular weight is 180 g/mol. The van der Waals surface area contributed by atoms with Gasteiger partial charge in [0.2, 0.25) is 0 Å². The highest BCUT2D eigenvalue weighted by molar-refractivity contribution is 5.30. The summed E-state index contributed by atoms with van der Waals surface area (Å²) in [7, 11) is 0.